The van der Waals surface area contributed by atoms with Crippen LogP contribution < -0.4 is 15.4 Å². The summed E-state index contributed by atoms with van der Waals surface area (Å²) in [6, 6.07) is 12.4. The molecule has 28 heavy (non-hydrogen) atoms. The van der Waals surface area contributed by atoms with Crippen molar-refractivity contribution in [1.82, 2.24) is 4.90 Å². The molecule has 1 fully saturated rings. The molecule has 2 aliphatic heterocycles. The Morgan fingerprint density at radius 1 is 1.25 bits per heavy atom. The lowest BCUT2D eigenvalue weighted by molar-refractivity contribution is -0.128. The molecule has 0 bridgehead atoms. The Morgan fingerprint density at radius 3 is 2.89 bits per heavy atom. The van der Waals surface area contributed by atoms with Crippen molar-refractivity contribution < 1.29 is 19.1 Å². The standard InChI is InChI=1S/C21H21N3O4/c1-13-20(26)23-17-11-16(7-8-18(17)28-13)22-21(27)15-5-2-4-14(10-15)12-24-9-3-6-19(24)25/h2,4-5,7-8,10-11,13H,3,6,9,12H2,1H3,(H,22,27)(H,23,26)/t13-/m1/s1. The van der Waals surface area contributed by atoms with Crippen molar-refractivity contribution in [3.8, 4) is 5.75 Å². The van der Waals surface area contributed by atoms with Gasteiger partial charge < -0.3 is 20.3 Å². The molecule has 7 nitrogen and oxygen atoms in total. The average molecular weight is 379 g/mol. The van der Waals surface area contributed by atoms with Crippen molar-refractivity contribution in [2.45, 2.75) is 32.4 Å². The van der Waals surface area contributed by atoms with Gasteiger partial charge in [-0.25, -0.2) is 0 Å². The van der Waals surface area contributed by atoms with Crippen LogP contribution in [0.2, 0.25) is 0 Å². The molecule has 3 amide bonds. The van der Waals surface area contributed by atoms with E-state index in [2.05, 4.69) is 10.6 Å². The second kappa shape index (κ2) is 7.34. The minimum atomic E-state index is -0.543. The Labute approximate surface area is 162 Å². The maximum atomic E-state index is 12.6. The number of fused-ring (bicyclic) bond motifs is 1. The summed E-state index contributed by atoms with van der Waals surface area (Å²) in [5, 5.41) is 5.60. The van der Waals surface area contributed by atoms with Crippen LogP contribution in [0.15, 0.2) is 42.5 Å². The summed E-state index contributed by atoms with van der Waals surface area (Å²) in [5.74, 6) is 0.246. The highest BCUT2D eigenvalue weighted by atomic mass is 16.5. The van der Waals surface area contributed by atoms with Crippen LogP contribution in [0, 0.1) is 0 Å². The quantitative estimate of drug-likeness (QED) is 0.855. The Hall–Kier alpha value is -3.35. The number of rotatable bonds is 4. The van der Waals surface area contributed by atoms with Gasteiger partial charge in [0.1, 0.15) is 5.75 Å². The van der Waals surface area contributed by atoms with Crippen LogP contribution in [0.4, 0.5) is 11.4 Å². The van der Waals surface area contributed by atoms with Gasteiger partial charge in [-0.3, -0.25) is 14.4 Å². The number of anilines is 2. The Balaban J connectivity index is 1.47. The molecule has 2 aliphatic rings. The maximum absolute atomic E-state index is 12.6. The van der Waals surface area contributed by atoms with Crippen molar-refractivity contribution >= 4 is 29.1 Å². The Kier molecular flexibility index (Phi) is 4.73. The summed E-state index contributed by atoms with van der Waals surface area (Å²) >= 11 is 0. The number of nitrogens with zero attached hydrogens (tertiary/aromatic N) is 1. The van der Waals surface area contributed by atoms with Crippen LogP contribution in [0.25, 0.3) is 0 Å². The number of carbonyl (C=O) groups excluding carboxylic acids is 3. The van der Waals surface area contributed by atoms with Gasteiger partial charge in [-0.05, 0) is 49.2 Å². The molecular formula is C21H21N3O4. The number of benzene rings is 2. The lowest BCUT2D eigenvalue weighted by Crippen LogP contribution is -2.34. The van der Waals surface area contributed by atoms with E-state index in [1.165, 1.54) is 0 Å². The minimum absolute atomic E-state index is 0.155. The van der Waals surface area contributed by atoms with Crippen molar-refractivity contribution in [2.75, 3.05) is 17.2 Å². The number of likely N-dealkylation sites (tertiary alicyclic amines) is 1. The van der Waals surface area contributed by atoms with Crippen LogP contribution in [0.3, 0.4) is 0 Å². The smallest absolute Gasteiger partial charge is 0.265 e. The summed E-state index contributed by atoms with van der Waals surface area (Å²) in [6.07, 6.45) is 0.937. The fourth-order valence-electron chi connectivity index (χ4n) is 3.39. The van der Waals surface area contributed by atoms with E-state index in [1.807, 2.05) is 17.0 Å². The average Bonchev–Trinajstić information content (AvgIpc) is 3.08. The van der Waals surface area contributed by atoms with Crippen molar-refractivity contribution in [1.29, 1.82) is 0 Å². The molecule has 0 aliphatic carbocycles. The summed E-state index contributed by atoms with van der Waals surface area (Å²) in [5.41, 5.74) is 2.52. The van der Waals surface area contributed by atoms with Crippen LogP contribution in [-0.2, 0) is 16.1 Å². The molecule has 7 heteroatoms. The van der Waals surface area contributed by atoms with E-state index in [0.717, 1.165) is 18.5 Å². The van der Waals surface area contributed by atoms with Crippen LogP contribution in [-0.4, -0.2) is 35.3 Å². The lowest BCUT2D eigenvalue weighted by atomic mass is 10.1. The molecule has 1 saturated heterocycles. The first kappa shape index (κ1) is 18.0. The molecule has 0 saturated carbocycles. The molecule has 1 atom stereocenters. The van der Waals surface area contributed by atoms with Gasteiger partial charge in [0.05, 0.1) is 5.69 Å². The first-order chi connectivity index (χ1) is 13.5. The zero-order valence-electron chi connectivity index (χ0n) is 15.5. The molecule has 4 rings (SSSR count). The van der Waals surface area contributed by atoms with E-state index in [0.29, 0.717) is 35.7 Å². The number of hydrogen-bond acceptors (Lipinski definition) is 4. The van der Waals surface area contributed by atoms with Crippen LogP contribution in [0.1, 0.15) is 35.7 Å². The number of ether oxygens (including phenoxy) is 1. The van der Waals surface area contributed by atoms with E-state index in [-0.39, 0.29) is 17.7 Å². The SMILES string of the molecule is C[C@H]1Oc2ccc(NC(=O)c3cccc(CN4CCCC4=O)c3)cc2NC1=O. The van der Waals surface area contributed by atoms with Crippen LogP contribution >= 0.6 is 0 Å². The zero-order chi connectivity index (χ0) is 19.7. The Morgan fingerprint density at radius 2 is 2.11 bits per heavy atom. The van der Waals surface area contributed by atoms with Gasteiger partial charge in [-0.15, -0.1) is 0 Å². The molecule has 0 radical (unpaired) electrons. The molecular weight excluding hydrogens is 358 g/mol. The topological polar surface area (TPSA) is 87.7 Å². The molecule has 2 N–H and O–H groups in total. The molecule has 2 aromatic rings. The van der Waals surface area contributed by atoms with Gasteiger partial charge in [0.2, 0.25) is 5.91 Å². The summed E-state index contributed by atoms with van der Waals surface area (Å²) in [4.78, 5) is 38.0. The fraction of sp³-hybridized carbons (Fsp3) is 0.286. The third-order valence-electron chi connectivity index (χ3n) is 4.90. The largest absolute Gasteiger partial charge is 0.479 e. The molecule has 2 aromatic carbocycles. The van der Waals surface area contributed by atoms with Gasteiger partial charge in [0.15, 0.2) is 6.10 Å². The van der Waals surface area contributed by atoms with E-state index in [9.17, 15) is 14.4 Å². The summed E-state index contributed by atoms with van der Waals surface area (Å²) in [6.45, 7) is 2.95. The van der Waals surface area contributed by atoms with E-state index in [1.54, 1.807) is 37.3 Å². The van der Waals surface area contributed by atoms with Gasteiger partial charge in [0.25, 0.3) is 11.8 Å². The second-order valence-electron chi connectivity index (χ2n) is 7.03. The van der Waals surface area contributed by atoms with Crippen LogP contribution in [0.5, 0.6) is 5.75 Å². The molecule has 0 spiro atoms. The second-order valence-corrected chi connectivity index (χ2v) is 7.03. The van der Waals surface area contributed by atoms with Gasteiger partial charge in [0, 0.05) is 30.8 Å². The lowest BCUT2D eigenvalue weighted by Gasteiger charge is -2.23. The third-order valence-corrected chi connectivity index (χ3v) is 4.90. The number of hydrogen-bond donors (Lipinski definition) is 2. The highest BCUT2D eigenvalue weighted by molar-refractivity contribution is 6.05. The van der Waals surface area contributed by atoms with Gasteiger partial charge in [-0.1, -0.05) is 12.1 Å². The monoisotopic (exact) mass is 379 g/mol. The highest BCUT2D eigenvalue weighted by Gasteiger charge is 2.24. The highest BCUT2D eigenvalue weighted by Crippen LogP contribution is 2.32. The van der Waals surface area contributed by atoms with Gasteiger partial charge in [-0.2, -0.15) is 0 Å². The van der Waals surface area contributed by atoms with Crippen molar-refractivity contribution in [3.63, 3.8) is 0 Å². The molecule has 2 heterocycles. The van der Waals surface area contributed by atoms with Crippen molar-refractivity contribution in [2.24, 2.45) is 0 Å². The van der Waals surface area contributed by atoms with E-state index >= 15 is 0 Å². The molecule has 144 valence electrons. The van der Waals surface area contributed by atoms with E-state index in [4.69, 9.17) is 4.74 Å². The first-order valence-electron chi connectivity index (χ1n) is 9.29. The first-order valence-corrected chi connectivity index (χ1v) is 9.29. The van der Waals surface area contributed by atoms with Gasteiger partial charge >= 0.3 is 0 Å². The summed E-state index contributed by atoms with van der Waals surface area (Å²) in [7, 11) is 0. The number of nitrogens with one attached hydrogen (secondary N) is 2. The zero-order valence-corrected chi connectivity index (χ0v) is 15.5. The third kappa shape index (κ3) is 3.69. The maximum Gasteiger partial charge on any atom is 0.265 e. The number of carbonyl (C=O) groups is 3. The predicted octanol–water partition coefficient (Wildman–Crippen LogP) is 2.78. The normalized spacial score (nSPS) is 18.3. The van der Waals surface area contributed by atoms with Crippen molar-refractivity contribution in [3.05, 3.63) is 53.6 Å². The molecule has 0 unspecified atom stereocenters. The minimum Gasteiger partial charge on any atom is -0.479 e. The number of amides is 3. The predicted molar refractivity (Wildman–Crippen MR) is 104 cm³/mol. The molecule has 0 aromatic heterocycles. The summed E-state index contributed by atoms with van der Waals surface area (Å²) < 4.78 is 5.52. The Bertz CT molecular complexity index is 956. The van der Waals surface area contributed by atoms with E-state index < -0.39 is 6.10 Å². The fourth-order valence-corrected chi connectivity index (χ4v) is 3.39.